The van der Waals surface area contributed by atoms with E-state index in [0.717, 1.165) is 22.1 Å². The molecule has 0 aliphatic heterocycles. The van der Waals surface area contributed by atoms with Gasteiger partial charge >= 0.3 is 5.97 Å². The lowest BCUT2D eigenvalue weighted by Gasteiger charge is -2.13. The Morgan fingerprint density at radius 3 is 2.68 bits per heavy atom. The van der Waals surface area contributed by atoms with Crippen LogP contribution in [0.2, 0.25) is 0 Å². The molecule has 6 nitrogen and oxygen atoms in total. The molecule has 2 aromatic carbocycles. The van der Waals surface area contributed by atoms with Crippen molar-refractivity contribution in [3.63, 3.8) is 0 Å². The Kier molecular flexibility index (Phi) is 3.53. The summed E-state index contributed by atoms with van der Waals surface area (Å²) in [5, 5.41) is 0. The molecule has 1 unspecified atom stereocenters. The van der Waals surface area contributed by atoms with Crippen LogP contribution < -0.4 is 0 Å². The molecule has 0 saturated carbocycles. The van der Waals surface area contributed by atoms with Crippen LogP contribution in [0.15, 0.2) is 48.8 Å². The van der Waals surface area contributed by atoms with E-state index in [1.807, 2.05) is 60.5 Å². The fourth-order valence-corrected chi connectivity index (χ4v) is 3.07. The summed E-state index contributed by atoms with van der Waals surface area (Å²) < 4.78 is 9.49. The van der Waals surface area contributed by atoms with Crippen LogP contribution in [-0.2, 0) is 18.8 Å². The summed E-state index contributed by atoms with van der Waals surface area (Å²) in [5.74, 6) is 0.334. The van der Waals surface area contributed by atoms with Gasteiger partial charge in [0.05, 0.1) is 34.0 Å². The molecule has 0 fully saturated rings. The van der Waals surface area contributed by atoms with E-state index in [-0.39, 0.29) is 5.97 Å². The highest BCUT2D eigenvalue weighted by Gasteiger charge is 2.19. The maximum absolute atomic E-state index is 12.5. The average Bonchev–Trinajstić information content (AvgIpc) is 3.15. The van der Waals surface area contributed by atoms with E-state index in [9.17, 15) is 4.79 Å². The number of benzene rings is 2. The predicted octanol–water partition coefficient (Wildman–Crippen LogP) is 3.38. The second-order valence-corrected chi connectivity index (χ2v) is 6.12. The standard InChI is InChI=1S/C19H18N4O2/c1-12(18-21-14-6-4-5-7-17(14)23(18)3)25-19(24)13-8-9-16-15(10-13)20-11-22(16)2/h4-12H,1-3H3. The Morgan fingerprint density at radius 1 is 1.08 bits per heavy atom. The molecule has 126 valence electrons. The number of hydrogen-bond donors (Lipinski definition) is 0. The van der Waals surface area contributed by atoms with Crippen molar-refractivity contribution in [3.05, 3.63) is 60.2 Å². The van der Waals surface area contributed by atoms with Gasteiger partial charge in [-0.05, 0) is 37.3 Å². The normalized spacial score (nSPS) is 12.6. The average molecular weight is 334 g/mol. The number of aromatic nitrogens is 4. The summed E-state index contributed by atoms with van der Waals surface area (Å²) in [5.41, 5.74) is 4.12. The number of rotatable bonds is 3. The third-order valence-corrected chi connectivity index (χ3v) is 4.43. The van der Waals surface area contributed by atoms with E-state index in [4.69, 9.17) is 4.74 Å². The van der Waals surface area contributed by atoms with E-state index >= 15 is 0 Å². The van der Waals surface area contributed by atoms with Crippen LogP contribution in [0, 0.1) is 0 Å². The molecule has 0 saturated heterocycles. The van der Waals surface area contributed by atoms with Gasteiger partial charge in [0.25, 0.3) is 0 Å². The van der Waals surface area contributed by atoms with E-state index in [0.29, 0.717) is 11.4 Å². The summed E-state index contributed by atoms with van der Waals surface area (Å²) in [6.45, 7) is 1.83. The van der Waals surface area contributed by atoms with Gasteiger partial charge < -0.3 is 13.9 Å². The maximum atomic E-state index is 12.5. The largest absolute Gasteiger partial charge is 0.451 e. The molecule has 0 aliphatic rings. The van der Waals surface area contributed by atoms with Crippen LogP contribution in [0.25, 0.3) is 22.1 Å². The third kappa shape index (κ3) is 2.55. The van der Waals surface area contributed by atoms with Crippen molar-refractivity contribution in [2.75, 3.05) is 0 Å². The van der Waals surface area contributed by atoms with Crippen LogP contribution in [-0.4, -0.2) is 25.1 Å². The molecule has 2 heterocycles. The minimum absolute atomic E-state index is 0.382. The molecule has 0 N–H and O–H groups in total. The Labute approximate surface area is 144 Å². The number of para-hydroxylation sites is 2. The van der Waals surface area contributed by atoms with Gasteiger partial charge in [-0.25, -0.2) is 14.8 Å². The number of nitrogens with zero attached hydrogens (tertiary/aromatic N) is 4. The van der Waals surface area contributed by atoms with Gasteiger partial charge in [-0.15, -0.1) is 0 Å². The molecular formula is C19H18N4O2. The molecule has 1 atom stereocenters. The Bertz CT molecular complexity index is 1090. The number of hydrogen-bond acceptors (Lipinski definition) is 4. The molecule has 0 bridgehead atoms. The highest BCUT2D eigenvalue weighted by molar-refractivity contribution is 5.93. The fraction of sp³-hybridized carbons (Fsp3) is 0.211. The summed E-state index contributed by atoms with van der Waals surface area (Å²) >= 11 is 0. The zero-order valence-electron chi connectivity index (χ0n) is 14.3. The lowest BCUT2D eigenvalue weighted by molar-refractivity contribution is 0.0315. The second kappa shape index (κ2) is 5.73. The van der Waals surface area contributed by atoms with Gasteiger partial charge in [-0.1, -0.05) is 12.1 Å². The predicted molar refractivity (Wildman–Crippen MR) is 95.3 cm³/mol. The number of esters is 1. The van der Waals surface area contributed by atoms with Crippen LogP contribution in [0.4, 0.5) is 0 Å². The minimum atomic E-state index is -0.454. The van der Waals surface area contributed by atoms with Crippen molar-refractivity contribution in [2.24, 2.45) is 14.1 Å². The monoisotopic (exact) mass is 334 g/mol. The molecule has 6 heteroatoms. The van der Waals surface area contributed by atoms with Crippen LogP contribution in [0.5, 0.6) is 0 Å². The summed E-state index contributed by atoms with van der Waals surface area (Å²) in [7, 11) is 3.84. The molecule has 2 aromatic heterocycles. The number of fused-ring (bicyclic) bond motifs is 2. The first-order chi connectivity index (χ1) is 12.0. The van der Waals surface area contributed by atoms with Crippen LogP contribution >= 0.6 is 0 Å². The fourth-order valence-electron chi connectivity index (χ4n) is 3.07. The smallest absolute Gasteiger partial charge is 0.338 e. The van der Waals surface area contributed by atoms with Crippen molar-refractivity contribution in [2.45, 2.75) is 13.0 Å². The molecule has 25 heavy (non-hydrogen) atoms. The highest BCUT2D eigenvalue weighted by Crippen LogP contribution is 2.23. The molecular weight excluding hydrogens is 316 g/mol. The molecule has 4 aromatic rings. The van der Waals surface area contributed by atoms with Crippen molar-refractivity contribution < 1.29 is 9.53 Å². The van der Waals surface area contributed by atoms with Gasteiger partial charge in [0.15, 0.2) is 11.9 Å². The molecule has 0 aliphatic carbocycles. The number of imidazole rings is 2. The zero-order valence-corrected chi connectivity index (χ0v) is 14.3. The lowest BCUT2D eigenvalue weighted by atomic mass is 10.2. The van der Waals surface area contributed by atoms with Crippen molar-refractivity contribution >= 4 is 28.0 Å². The molecule has 0 radical (unpaired) electrons. The topological polar surface area (TPSA) is 61.9 Å². The van der Waals surface area contributed by atoms with Gasteiger partial charge in [0, 0.05) is 14.1 Å². The first kappa shape index (κ1) is 15.4. The molecule has 0 spiro atoms. The van der Waals surface area contributed by atoms with E-state index in [1.54, 1.807) is 18.5 Å². The van der Waals surface area contributed by atoms with E-state index in [1.165, 1.54) is 0 Å². The number of carbonyl (C=O) groups excluding carboxylic acids is 1. The number of carbonyl (C=O) groups is 1. The Hall–Kier alpha value is -3.15. The van der Waals surface area contributed by atoms with E-state index in [2.05, 4.69) is 9.97 Å². The first-order valence-corrected chi connectivity index (χ1v) is 8.08. The lowest BCUT2D eigenvalue weighted by Crippen LogP contribution is -2.12. The second-order valence-electron chi connectivity index (χ2n) is 6.12. The van der Waals surface area contributed by atoms with Crippen LogP contribution in [0.3, 0.4) is 0 Å². The van der Waals surface area contributed by atoms with Gasteiger partial charge in [0.1, 0.15) is 0 Å². The third-order valence-electron chi connectivity index (χ3n) is 4.43. The summed E-state index contributed by atoms with van der Waals surface area (Å²) in [6.07, 6.45) is 1.27. The molecule has 4 rings (SSSR count). The highest BCUT2D eigenvalue weighted by atomic mass is 16.5. The Morgan fingerprint density at radius 2 is 1.88 bits per heavy atom. The SMILES string of the molecule is CC(OC(=O)c1ccc2c(c1)ncn2C)c1nc2ccccc2n1C. The number of aryl methyl sites for hydroxylation is 2. The minimum Gasteiger partial charge on any atom is -0.451 e. The quantitative estimate of drug-likeness (QED) is 0.539. The zero-order chi connectivity index (χ0) is 17.6. The Balaban J connectivity index is 1.61. The molecule has 0 amide bonds. The van der Waals surface area contributed by atoms with Crippen molar-refractivity contribution in [1.82, 2.24) is 19.1 Å². The summed E-state index contributed by atoms with van der Waals surface area (Å²) in [4.78, 5) is 21.4. The van der Waals surface area contributed by atoms with Crippen molar-refractivity contribution in [3.8, 4) is 0 Å². The van der Waals surface area contributed by atoms with Gasteiger partial charge in [-0.3, -0.25) is 0 Å². The van der Waals surface area contributed by atoms with Crippen LogP contribution in [0.1, 0.15) is 29.2 Å². The summed E-state index contributed by atoms with van der Waals surface area (Å²) in [6, 6.07) is 13.2. The van der Waals surface area contributed by atoms with Gasteiger partial charge in [0.2, 0.25) is 0 Å². The van der Waals surface area contributed by atoms with Gasteiger partial charge in [-0.2, -0.15) is 0 Å². The number of ether oxygens (including phenoxy) is 1. The van der Waals surface area contributed by atoms with Crippen molar-refractivity contribution in [1.29, 1.82) is 0 Å². The first-order valence-electron chi connectivity index (χ1n) is 8.08. The van der Waals surface area contributed by atoms with E-state index < -0.39 is 6.10 Å². The maximum Gasteiger partial charge on any atom is 0.338 e.